The number of benzene rings is 1. The normalized spacial score (nSPS) is 17.3. The van der Waals surface area contributed by atoms with Gasteiger partial charge < -0.3 is 4.42 Å². The van der Waals surface area contributed by atoms with Crippen molar-refractivity contribution < 1.29 is 9.21 Å². The molecule has 0 saturated carbocycles. The van der Waals surface area contributed by atoms with E-state index in [4.69, 9.17) is 16.0 Å². The number of fused-ring (bicyclic) bond motifs is 1. The first-order valence-electron chi connectivity index (χ1n) is 6.36. The predicted molar refractivity (Wildman–Crippen MR) is 75.6 cm³/mol. The molecule has 0 spiro atoms. The average molecular weight is 275 g/mol. The lowest BCUT2D eigenvalue weighted by Gasteiger charge is -2.26. The van der Waals surface area contributed by atoms with Crippen LogP contribution in [-0.4, -0.2) is 5.78 Å². The van der Waals surface area contributed by atoms with Crippen LogP contribution in [-0.2, 0) is 6.42 Å². The Kier molecular flexibility index (Phi) is 2.79. The third-order valence-electron chi connectivity index (χ3n) is 3.52. The Labute approximate surface area is 117 Å². The smallest absolute Gasteiger partial charge is 0.166 e. The van der Waals surface area contributed by atoms with Gasteiger partial charge in [-0.1, -0.05) is 25.4 Å². The summed E-state index contributed by atoms with van der Waals surface area (Å²) in [6, 6.07) is 9.31. The highest BCUT2D eigenvalue weighted by molar-refractivity contribution is 6.30. The first-order valence-corrected chi connectivity index (χ1v) is 6.74. The molecule has 0 bridgehead atoms. The maximum atomic E-state index is 12.1. The van der Waals surface area contributed by atoms with E-state index >= 15 is 0 Å². The molecule has 19 heavy (non-hydrogen) atoms. The van der Waals surface area contributed by atoms with Crippen molar-refractivity contribution in [3.63, 3.8) is 0 Å². The van der Waals surface area contributed by atoms with Crippen LogP contribution in [0.3, 0.4) is 0 Å². The molecule has 1 aromatic carbocycles. The number of rotatable bonds is 1. The van der Waals surface area contributed by atoms with Crippen molar-refractivity contribution in [2.75, 3.05) is 0 Å². The minimum absolute atomic E-state index is 0.0147. The van der Waals surface area contributed by atoms with Gasteiger partial charge in [0.1, 0.15) is 11.5 Å². The fourth-order valence-electron chi connectivity index (χ4n) is 2.58. The second kappa shape index (κ2) is 4.24. The molecule has 1 aromatic heterocycles. The van der Waals surface area contributed by atoms with Crippen LogP contribution in [0.4, 0.5) is 0 Å². The van der Waals surface area contributed by atoms with Crippen molar-refractivity contribution in [3.8, 4) is 11.3 Å². The highest BCUT2D eigenvalue weighted by atomic mass is 35.5. The minimum Gasteiger partial charge on any atom is -0.460 e. The number of Topliss-reactive ketones (excluding diaryl/α,β-unsaturated/α-hetero) is 1. The summed E-state index contributed by atoms with van der Waals surface area (Å²) in [5.41, 5.74) is 1.67. The second-order valence-corrected chi connectivity index (χ2v) is 6.33. The lowest BCUT2D eigenvalue weighted by atomic mass is 9.77. The van der Waals surface area contributed by atoms with Gasteiger partial charge in [0.05, 0.1) is 5.56 Å². The largest absolute Gasteiger partial charge is 0.460 e. The predicted octanol–water partition coefficient (Wildman–Crippen LogP) is 4.76. The first-order chi connectivity index (χ1) is 8.94. The van der Waals surface area contributed by atoms with Crippen molar-refractivity contribution in [2.24, 2.45) is 5.41 Å². The van der Waals surface area contributed by atoms with E-state index < -0.39 is 0 Å². The van der Waals surface area contributed by atoms with Crippen molar-refractivity contribution in [1.29, 1.82) is 0 Å². The summed E-state index contributed by atoms with van der Waals surface area (Å²) in [5.74, 6) is 1.73. The number of carbonyl (C=O) groups is 1. The van der Waals surface area contributed by atoms with Crippen molar-refractivity contribution >= 4 is 17.4 Å². The van der Waals surface area contributed by atoms with Crippen LogP contribution in [0.1, 0.15) is 36.4 Å². The van der Waals surface area contributed by atoms with Gasteiger partial charge in [-0.15, -0.1) is 0 Å². The van der Waals surface area contributed by atoms with E-state index in [9.17, 15) is 4.79 Å². The van der Waals surface area contributed by atoms with E-state index in [0.29, 0.717) is 11.4 Å². The maximum absolute atomic E-state index is 12.1. The fourth-order valence-corrected chi connectivity index (χ4v) is 2.71. The van der Waals surface area contributed by atoms with Gasteiger partial charge in [-0.2, -0.15) is 0 Å². The van der Waals surface area contributed by atoms with E-state index in [1.807, 2.05) is 30.3 Å². The molecule has 98 valence electrons. The van der Waals surface area contributed by atoms with Gasteiger partial charge in [0.15, 0.2) is 5.78 Å². The van der Waals surface area contributed by atoms with Crippen LogP contribution >= 0.6 is 11.6 Å². The quantitative estimate of drug-likeness (QED) is 0.751. The molecule has 1 aliphatic carbocycles. The number of halogens is 1. The Hall–Kier alpha value is -1.54. The molecule has 0 fully saturated rings. The summed E-state index contributed by atoms with van der Waals surface area (Å²) in [7, 11) is 0. The van der Waals surface area contributed by atoms with Gasteiger partial charge in [0.25, 0.3) is 0 Å². The SMILES string of the molecule is CC1(C)CC(=O)c2cc(-c3ccc(Cl)cc3)oc2C1. The molecule has 3 rings (SSSR count). The molecule has 2 nitrogen and oxygen atoms in total. The summed E-state index contributed by atoms with van der Waals surface area (Å²) < 4.78 is 5.87. The van der Waals surface area contributed by atoms with Gasteiger partial charge in [0.2, 0.25) is 0 Å². The molecule has 0 saturated heterocycles. The van der Waals surface area contributed by atoms with Crippen LogP contribution in [0.2, 0.25) is 5.02 Å². The zero-order valence-electron chi connectivity index (χ0n) is 11.0. The molecule has 0 radical (unpaired) electrons. The average Bonchev–Trinajstić information content (AvgIpc) is 2.72. The van der Waals surface area contributed by atoms with E-state index in [1.54, 1.807) is 0 Å². The van der Waals surface area contributed by atoms with E-state index in [2.05, 4.69) is 13.8 Å². The second-order valence-electron chi connectivity index (χ2n) is 5.90. The maximum Gasteiger partial charge on any atom is 0.166 e. The van der Waals surface area contributed by atoms with Crippen LogP contribution < -0.4 is 0 Å². The van der Waals surface area contributed by atoms with Crippen LogP contribution in [0.25, 0.3) is 11.3 Å². The van der Waals surface area contributed by atoms with Gasteiger partial charge in [-0.05, 0) is 35.7 Å². The highest BCUT2D eigenvalue weighted by Gasteiger charge is 2.34. The molecule has 0 atom stereocenters. The number of hydrogen-bond donors (Lipinski definition) is 0. The molecule has 0 amide bonds. The molecular weight excluding hydrogens is 260 g/mol. The Morgan fingerprint density at radius 3 is 2.53 bits per heavy atom. The Morgan fingerprint density at radius 2 is 1.84 bits per heavy atom. The van der Waals surface area contributed by atoms with Crippen LogP contribution in [0, 0.1) is 5.41 Å². The zero-order valence-corrected chi connectivity index (χ0v) is 11.8. The molecule has 3 heteroatoms. The van der Waals surface area contributed by atoms with Crippen molar-refractivity contribution in [2.45, 2.75) is 26.7 Å². The summed E-state index contributed by atoms with van der Waals surface area (Å²) in [6.45, 7) is 4.19. The standard InChI is InChI=1S/C16H15ClO2/c1-16(2)8-13(18)12-7-14(19-15(12)9-16)10-3-5-11(17)6-4-10/h3-7H,8-9H2,1-2H3. The summed E-state index contributed by atoms with van der Waals surface area (Å²) in [4.78, 5) is 12.1. The van der Waals surface area contributed by atoms with E-state index in [-0.39, 0.29) is 11.2 Å². The van der Waals surface area contributed by atoms with Crippen LogP contribution in [0.5, 0.6) is 0 Å². The number of ketones is 1. The Morgan fingerprint density at radius 1 is 1.16 bits per heavy atom. The fraction of sp³-hybridized carbons (Fsp3) is 0.312. The topological polar surface area (TPSA) is 30.2 Å². The molecule has 2 aromatic rings. The Bertz CT molecular complexity index is 635. The molecule has 0 N–H and O–H groups in total. The lowest BCUT2D eigenvalue weighted by Crippen LogP contribution is -2.25. The van der Waals surface area contributed by atoms with Crippen LogP contribution in [0.15, 0.2) is 34.7 Å². The van der Waals surface area contributed by atoms with Crippen molar-refractivity contribution in [1.82, 2.24) is 0 Å². The van der Waals surface area contributed by atoms with Crippen molar-refractivity contribution in [3.05, 3.63) is 46.7 Å². The molecule has 1 aliphatic rings. The monoisotopic (exact) mass is 274 g/mol. The highest BCUT2D eigenvalue weighted by Crippen LogP contribution is 2.38. The Balaban J connectivity index is 2.03. The number of furan rings is 1. The van der Waals surface area contributed by atoms with E-state index in [0.717, 1.165) is 29.1 Å². The summed E-state index contributed by atoms with van der Waals surface area (Å²) in [5, 5.41) is 0.692. The molecule has 0 aliphatic heterocycles. The lowest BCUT2D eigenvalue weighted by molar-refractivity contribution is 0.0904. The van der Waals surface area contributed by atoms with Gasteiger partial charge in [-0.25, -0.2) is 0 Å². The molecule has 1 heterocycles. The first kappa shape index (κ1) is 12.5. The van der Waals surface area contributed by atoms with Gasteiger partial charge >= 0.3 is 0 Å². The van der Waals surface area contributed by atoms with E-state index in [1.165, 1.54) is 0 Å². The zero-order chi connectivity index (χ0) is 13.6. The number of hydrogen-bond acceptors (Lipinski definition) is 2. The summed E-state index contributed by atoms with van der Waals surface area (Å²) >= 11 is 5.88. The van der Waals surface area contributed by atoms with Gasteiger partial charge in [-0.3, -0.25) is 4.79 Å². The molecule has 0 unspecified atom stereocenters. The molecular formula is C16H15ClO2. The third-order valence-corrected chi connectivity index (χ3v) is 3.77. The number of carbonyl (C=O) groups excluding carboxylic acids is 1. The summed E-state index contributed by atoms with van der Waals surface area (Å²) in [6.07, 6.45) is 1.39. The third kappa shape index (κ3) is 2.33. The van der Waals surface area contributed by atoms with Gasteiger partial charge in [0, 0.05) is 23.4 Å². The minimum atomic E-state index is -0.0147.